The number of carbonyl (C=O) groups is 1. The first kappa shape index (κ1) is 10.4. The summed E-state index contributed by atoms with van der Waals surface area (Å²) in [4.78, 5) is 20.8. The molecule has 0 saturated heterocycles. The van der Waals surface area contributed by atoms with Gasteiger partial charge in [0, 0.05) is 16.5 Å². The molecule has 1 N–H and O–H groups in total. The summed E-state index contributed by atoms with van der Waals surface area (Å²) in [5.74, 6) is -1.03. The Morgan fingerprint density at radius 3 is 2.71 bits per heavy atom. The molecule has 0 saturated carbocycles. The minimum atomic E-state index is -1.03. The molecule has 1 aromatic heterocycles. The Bertz CT molecular complexity index is 407. The topological polar surface area (TPSA) is 80.4 Å². The van der Waals surface area contributed by atoms with Crippen LogP contribution in [0.5, 0.6) is 0 Å². The quantitative estimate of drug-likeness (QED) is 0.474. The van der Waals surface area contributed by atoms with Crippen LogP contribution < -0.4 is 0 Å². The molecule has 6 heteroatoms. The normalized spacial score (nSPS) is 11.4. The van der Waals surface area contributed by atoms with Gasteiger partial charge in [-0.1, -0.05) is 11.3 Å². The summed E-state index contributed by atoms with van der Waals surface area (Å²) in [6.45, 7) is 1.44. The molecule has 0 unspecified atom stereocenters. The van der Waals surface area contributed by atoms with Crippen molar-refractivity contribution < 1.29 is 14.8 Å². The Morgan fingerprint density at radius 2 is 2.29 bits per heavy atom. The van der Waals surface area contributed by atoms with E-state index < -0.39 is 10.9 Å². The Hall–Kier alpha value is -1.69. The van der Waals surface area contributed by atoms with Gasteiger partial charge in [-0.05, 0) is 19.1 Å². The van der Waals surface area contributed by atoms with E-state index in [1.165, 1.54) is 25.1 Å². The van der Waals surface area contributed by atoms with E-state index in [0.717, 1.165) is 11.3 Å². The Kier molecular flexibility index (Phi) is 2.98. The molecular formula is C8H7NO4S. The zero-order valence-corrected chi connectivity index (χ0v) is 8.08. The van der Waals surface area contributed by atoms with E-state index in [9.17, 15) is 14.9 Å². The summed E-state index contributed by atoms with van der Waals surface area (Å²) in [6, 6.07) is 2.88. The van der Waals surface area contributed by atoms with E-state index in [2.05, 4.69) is 0 Å². The second-order valence-electron chi connectivity index (χ2n) is 2.57. The molecule has 1 heterocycles. The number of rotatable bonds is 3. The van der Waals surface area contributed by atoms with Crippen molar-refractivity contribution in [1.82, 2.24) is 0 Å². The fraction of sp³-hybridized carbons (Fsp3) is 0.125. The minimum Gasteiger partial charge on any atom is -0.478 e. The van der Waals surface area contributed by atoms with Crippen LogP contribution in [0.25, 0.3) is 6.08 Å². The Labute approximate surface area is 83.5 Å². The molecule has 0 radical (unpaired) electrons. The van der Waals surface area contributed by atoms with E-state index in [0.29, 0.717) is 4.88 Å². The van der Waals surface area contributed by atoms with Crippen LogP contribution in [-0.4, -0.2) is 16.0 Å². The monoisotopic (exact) mass is 213 g/mol. The molecule has 0 aromatic carbocycles. The fourth-order valence-corrected chi connectivity index (χ4v) is 1.62. The summed E-state index contributed by atoms with van der Waals surface area (Å²) in [5, 5.41) is 18.9. The first-order valence-corrected chi connectivity index (χ1v) is 4.48. The van der Waals surface area contributed by atoms with Gasteiger partial charge in [-0.3, -0.25) is 10.1 Å². The fourth-order valence-electron chi connectivity index (χ4n) is 0.793. The van der Waals surface area contributed by atoms with Crippen molar-refractivity contribution in [2.24, 2.45) is 0 Å². The molecule has 1 rings (SSSR count). The largest absolute Gasteiger partial charge is 0.478 e. The van der Waals surface area contributed by atoms with Crippen LogP contribution in [0.1, 0.15) is 11.8 Å². The number of hydrogen-bond acceptors (Lipinski definition) is 4. The maximum atomic E-state index is 10.4. The van der Waals surface area contributed by atoms with Crippen molar-refractivity contribution in [3.05, 3.63) is 32.7 Å². The van der Waals surface area contributed by atoms with Crippen molar-refractivity contribution in [2.45, 2.75) is 6.92 Å². The van der Waals surface area contributed by atoms with Crippen LogP contribution in [0.15, 0.2) is 17.7 Å². The van der Waals surface area contributed by atoms with Crippen molar-refractivity contribution in [3.8, 4) is 0 Å². The number of aliphatic carboxylic acids is 1. The van der Waals surface area contributed by atoms with E-state index in [-0.39, 0.29) is 10.6 Å². The summed E-state index contributed by atoms with van der Waals surface area (Å²) in [6.07, 6.45) is 1.40. The molecule has 0 atom stereocenters. The van der Waals surface area contributed by atoms with Crippen LogP contribution in [0.2, 0.25) is 0 Å². The molecule has 0 amide bonds. The van der Waals surface area contributed by atoms with Gasteiger partial charge in [-0.2, -0.15) is 0 Å². The van der Waals surface area contributed by atoms with E-state index in [4.69, 9.17) is 5.11 Å². The third kappa shape index (κ3) is 2.40. The van der Waals surface area contributed by atoms with Gasteiger partial charge in [0.25, 0.3) is 0 Å². The lowest BCUT2D eigenvalue weighted by atomic mass is 10.2. The summed E-state index contributed by atoms with van der Waals surface area (Å²) in [5.41, 5.74) is 0.154. The van der Waals surface area contributed by atoms with Crippen molar-refractivity contribution in [1.29, 1.82) is 0 Å². The minimum absolute atomic E-state index is 0.00874. The molecule has 74 valence electrons. The molecular weight excluding hydrogens is 206 g/mol. The first-order chi connectivity index (χ1) is 6.50. The Morgan fingerprint density at radius 1 is 1.64 bits per heavy atom. The second kappa shape index (κ2) is 4.01. The van der Waals surface area contributed by atoms with Crippen molar-refractivity contribution in [3.63, 3.8) is 0 Å². The number of hydrogen-bond donors (Lipinski definition) is 1. The lowest BCUT2D eigenvalue weighted by Gasteiger charge is -1.89. The number of thiophene rings is 1. The third-order valence-electron chi connectivity index (χ3n) is 1.49. The molecule has 0 spiro atoms. The third-order valence-corrected chi connectivity index (χ3v) is 2.47. The summed E-state index contributed by atoms with van der Waals surface area (Å²) >= 11 is 0.948. The SMILES string of the molecule is C/C(=C\c1ccc([N+](=O)[O-])s1)C(=O)O. The highest BCUT2D eigenvalue weighted by molar-refractivity contribution is 7.16. The molecule has 5 nitrogen and oxygen atoms in total. The maximum absolute atomic E-state index is 10.4. The van der Waals surface area contributed by atoms with Crippen LogP contribution >= 0.6 is 11.3 Å². The van der Waals surface area contributed by atoms with Crippen LogP contribution in [0.4, 0.5) is 5.00 Å². The molecule has 0 fully saturated rings. The van der Waals surface area contributed by atoms with Gasteiger partial charge in [-0.25, -0.2) is 4.79 Å². The van der Waals surface area contributed by atoms with Gasteiger partial charge < -0.3 is 5.11 Å². The van der Waals surface area contributed by atoms with Gasteiger partial charge in [0.1, 0.15) is 0 Å². The molecule has 0 aliphatic rings. The van der Waals surface area contributed by atoms with E-state index in [1.807, 2.05) is 0 Å². The molecule has 0 bridgehead atoms. The van der Waals surface area contributed by atoms with Crippen molar-refractivity contribution in [2.75, 3.05) is 0 Å². The molecule has 14 heavy (non-hydrogen) atoms. The van der Waals surface area contributed by atoms with Gasteiger partial charge in [-0.15, -0.1) is 0 Å². The van der Waals surface area contributed by atoms with Crippen LogP contribution in [0, 0.1) is 10.1 Å². The number of carboxylic acid groups (broad SMARTS) is 1. The van der Waals surface area contributed by atoms with Crippen LogP contribution in [-0.2, 0) is 4.79 Å². The molecule has 1 aromatic rings. The average Bonchev–Trinajstić information content (AvgIpc) is 2.52. The highest BCUT2D eigenvalue weighted by atomic mass is 32.1. The lowest BCUT2D eigenvalue weighted by Crippen LogP contribution is -1.94. The Balaban J connectivity index is 2.93. The predicted molar refractivity (Wildman–Crippen MR) is 52.3 cm³/mol. The zero-order chi connectivity index (χ0) is 10.7. The highest BCUT2D eigenvalue weighted by Gasteiger charge is 2.09. The highest BCUT2D eigenvalue weighted by Crippen LogP contribution is 2.25. The summed E-state index contributed by atoms with van der Waals surface area (Å²) in [7, 11) is 0. The number of nitrogens with zero attached hydrogens (tertiary/aromatic N) is 1. The summed E-state index contributed by atoms with van der Waals surface area (Å²) < 4.78 is 0. The van der Waals surface area contributed by atoms with Gasteiger partial charge in [0.15, 0.2) is 0 Å². The first-order valence-electron chi connectivity index (χ1n) is 3.66. The average molecular weight is 213 g/mol. The van der Waals surface area contributed by atoms with Crippen LogP contribution in [0.3, 0.4) is 0 Å². The molecule has 0 aliphatic heterocycles. The van der Waals surface area contributed by atoms with Gasteiger partial charge in [0.2, 0.25) is 0 Å². The standard InChI is InChI=1S/C8H7NO4S/c1-5(8(10)11)4-6-2-3-7(14-6)9(12)13/h2-4H,1H3,(H,10,11)/b5-4+. The number of nitro groups is 1. The van der Waals surface area contributed by atoms with E-state index in [1.54, 1.807) is 0 Å². The zero-order valence-electron chi connectivity index (χ0n) is 7.26. The van der Waals surface area contributed by atoms with E-state index >= 15 is 0 Å². The maximum Gasteiger partial charge on any atom is 0.331 e. The second-order valence-corrected chi connectivity index (χ2v) is 3.66. The molecule has 0 aliphatic carbocycles. The van der Waals surface area contributed by atoms with Gasteiger partial charge >= 0.3 is 11.0 Å². The van der Waals surface area contributed by atoms with Crippen molar-refractivity contribution >= 4 is 28.4 Å². The number of carboxylic acids is 1. The lowest BCUT2D eigenvalue weighted by molar-refractivity contribution is -0.380. The smallest absolute Gasteiger partial charge is 0.331 e. The van der Waals surface area contributed by atoms with Gasteiger partial charge in [0.05, 0.1) is 4.92 Å². The predicted octanol–water partition coefficient (Wildman–Crippen LogP) is 2.14.